The lowest BCUT2D eigenvalue weighted by molar-refractivity contribution is -0.161. The molecular formula is C39H72O5. The molecule has 0 saturated carbocycles. The van der Waals surface area contributed by atoms with Gasteiger partial charge in [0, 0.05) is 12.8 Å². The summed E-state index contributed by atoms with van der Waals surface area (Å²) in [5.74, 6) is -0.595. The number of carbonyl (C=O) groups excluding carboxylic acids is 2. The molecule has 0 aliphatic carbocycles. The van der Waals surface area contributed by atoms with E-state index in [9.17, 15) is 14.7 Å². The number of aliphatic hydroxyl groups is 1. The number of hydrogen-bond acceptors (Lipinski definition) is 5. The largest absolute Gasteiger partial charge is 0.462 e. The molecule has 258 valence electrons. The molecule has 1 unspecified atom stereocenters. The van der Waals surface area contributed by atoms with Gasteiger partial charge in [-0.3, -0.25) is 9.59 Å². The van der Waals surface area contributed by atoms with Crippen LogP contribution in [0.15, 0.2) is 24.3 Å². The van der Waals surface area contributed by atoms with Crippen LogP contribution in [0.2, 0.25) is 0 Å². The summed E-state index contributed by atoms with van der Waals surface area (Å²) in [4.78, 5) is 24.2. The van der Waals surface area contributed by atoms with Crippen molar-refractivity contribution in [2.45, 2.75) is 200 Å². The van der Waals surface area contributed by atoms with Gasteiger partial charge in [-0.25, -0.2) is 0 Å². The van der Waals surface area contributed by atoms with E-state index in [0.717, 1.165) is 51.4 Å². The number of carbonyl (C=O) groups is 2. The molecule has 0 amide bonds. The summed E-state index contributed by atoms with van der Waals surface area (Å²) in [5.41, 5.74) is 0. The lowest BCUT2D eigenvalue weighted by Crippen LogP contribution is -2.28. The van der Waals surface area contributed by atoms with Crippen molar-refractivity contribution in [3.63, 3.8) is 0 Å². The van der Waals surface area contributed by atoms with Gasteiger partial charge < -0.3 is 14.6 Å². The Bertz CT molecular complexity index is 671. The minimum Gasteiger partial charge on any atom is -0.462 e. The standard InChI is InChI=1S/C39H72O5/c1-3-5-7-9-11-13-15-17-18-19-20-21-22-24-26-28-30-32-34-39(42)44-37(35-40)36-43-38(41)33-31-29-27-25-23-16-14-12-10-8-6-4-2/h13,15,18-19,37,40H,3-12,14,16-17,20-36H2,1-2H3/b15-13-,19-18-. The van der Waals surface area contributed by atoms with Crippen LogP contribution in [0.1, 0.15) is 194 Å². The number of esters is 2. The SMILES string of the molecule is CCCCCC/C=C\C/C=C\CCCCCCCCCC(=O)OC(CO)COC(=O)CCCCCCCCCCCCCC. The van der Waals surface area contributed by atoms with E-state index >= 15 is 0 Å². The van der Waals surface area contributed by atoms with Gasteiger partial charge in [0.2, 0.25) is 0 Å². The van der Waals surface area contributed by atoms with Crippen molar-refractivity contribution in [2.24, 2.45) is 0 Å². The van der Waals surface area contributed by atoms with Crippen molar-refractivity contribution in [2.75, 3.05) is 13.2 Å². The van der Waals surface area contributed by atoms with Crippen LogP contribution in [0, 0.1) is 0 Å². The molecule has 0 rings (SSSR count). The molecule has 44 heavy (non-hydrogen) atoms. The molecule has 0 bridgehead atoms. The minimum absolute atomic E-state index is 0.0651. The number of allylic oxidation sites excluding steroid dienone is 4. The van der Waals surface area contributed by atoms with Crippen molar-refractivity contribution >= 4 is 11.9 Å². The van der Waals surface area contributed by atoms with E-state index in [1.165, 1.54) is 116 Å². The molecule has 1 N–H and O–H groups in total. The molecule has 0 heterocycles. The summed E-state index contributed by atoms with van der Waals surface area (Å²) >= 11 is 0. The Kier molecular flexibility index (Phi) is 34.5. The van der Waals surface area contributed by atoms with Gasteiger partial charge in [0.25, 0.3) is 0 Å². The van der Waals surface area contributed by atoms with Crippen molar-refractivity contribution in [1.29, 1.82) is 0 Å². The minimum atomic E-state index is -0.769. The predicted octanol–water partition coefficient (Wildman–Crippen LogP) is 11.5. The molecular weight excluding hydrogens is 548 g/mol. The van der Waals surface area contributed by atoms with Gasteiger partial charge in [0.15, 0.2) is 6.10 Å². The first-order chi connectivity index (χ1) is 21.6. The molecule has 0 aromatic heterocycles. The highest BCUT2D eigenvalue weighted by atomic mass is 16.6. The van der Waals surface area contributed by atoms with Crippen molar-refractivity contribution in [3.8, 4) is 0 Å². The zero-order valence-corrected chi connectivity index (χ0v) is 29.2. The summed E-state index contributed by atoms with van der Waals surface area (Å²) in [6.07, 6.45) is 40.9. The molecule has 0 fully saturated rings. The Morgan fingerprint density at radius 3 is 1.36 bits per heavy atom. The molecule has 0 aliphatic rings. The van der Waals surface area contributed by atoms with E-state index in [-0.39, 0.29) is 25.2 Å². The second-order valence-corrected chi connectivity index (χ2v) is 12.7. The monoisotopic (exact) mass is 621 g/mol. The normalized spacial score (nSPS) is 12.3. The van der Waals surface area contributed by atoms with Crippen LogP contribution < -0.4 is 0 Å². The van der Waals surface area contributed by atoms with Gasteiger partial charge in [0.05, 0.1) is 6.61 Å². The van der Waals surface area contributed by atoms with Gasteiger partial charge in [-0.2, -0.15) is 0 Å². The quantitative estimate of drug-likeness (QED) is 0.0440. The van der Waals surface area contributed by atoms with Crippen LogP contribution in [-0.4, -0.2) is 36.4 Å². The van der Waals surface area contributed by atoms with E-state index in [2.05, 4.69) is 38.2 Å². The van der Waals surface area contributed by atoms with Crippen LogP contribution in [0.25, 0.3) is 0 Å². The maximum Gasteiger partial charge on any atom is 0.306 e. The van der Waals surface area contributed by atoms with Gasteiger partial charge in [-0.1, -0.05) is 160 Å². The number of unbranched alkanes of at least 4 members (excludes halogenated alkanes) is 22. The third kappa shape index (κ3) is 33.3. The molecule has 5 nitrogen and oxygen atoms in total. The summed E-state index contributed by atoms with van der Waals surface area (Å²) < 4.78 is 10.6. The molecule has 0 aromatic rings. The van der Waals surface area contributed by atoms with Gasteiger partial charge in [-0.05, 0) is 44.9 Å². The molecule has 0 spiro atoms. The van der Waals surface area contributed by atoms with Crippen molar-refractivity contribution < 1.29 is 24.2 Å². The summed E-state index contributed by atoms with van der Waals surface area (Å²) in [6, 6.07) is 0. The van der Waals surface area contributed by atoms with E-state index in [1.54, 1.807) is 0 Å². The first-order valence-corrected chi connectivity index (χ1v) is 18.9. The fourth-order valence-electron chi connectivity index (χ4n) is 5.35. The zero-order chi connectivity index (χ0) is 32.2. The van der Waals surface area contributed by atoms with Crippen LogP contribution in [-0.2, 0) is 19.1 Å². The average molecular weight is 621 g/mol. The Morgan fingerprint density at radius 2 is 0.909 bits per heavy atom. The summed E-state index contributed by atoms with van der Waals surface area (Å²) in [6.45, 7) is 4.11. The Balaban J connectivity index is 3.56. The van der Waals surface area contributed by atoms with Gasteiger partial charge >= 0.3 is 11.9 Å². The lowest BCUT2D eigenvalue weighted by Gasteiger charge is -2.15. The van der Waals surface area contributed by atoms with E-state index < -0.39 is 6.10 Å². The fourth-order valence-corrected chi connectivity index (χ4v) is 5.35. The highest BCUT2D eigenvalue weighted by molar-refractivity contribution is 5.70. The first-order valence-electron chi connectivity index (χ1n) is 18.9. The van der Waals surface area contributed by atoms with E-state index in [1.807, 2.05) is 0 Å². The van der Waals surface area contributed by atoms with Gasteiger partial charge in [0.1, 0.15) is 6.61 Å². The maximum atomic E-state index is 12.1. The second-order valence-electron chi connectivity index (χ2n) is 12.7. The molecule has 0 aliphatic heterocycles. The van der Waals surface area contributed by atoms with Crippen LogP contribution >= 0.6 is 0 Å². The first kappa shape index (κ1) is 42.4. The molecule has 1 atom stereocenters. The maximum absolute atomic E-state index is 12.1. The van der Waals surface area contributed by atoms with Crippen LogP contribution in [0.3, 0.4) is 0 Å². The van der Waals surface area contributed by atoms with Crippen molar-refractivity contribution in [1.82, 2.24) is 0 Å². The van der Waals surface area contributed by atoms with Gasteiger partial charge in [-0.15, -0.1) is 0 Å². The fraction of sp³-hybridized carbons (Fsp3) is 0.846. The predicted molar refractivity (Wildman–Crippen MR) is 187 cm³/mol. The topological polar surface area (TPSA) is 72.8 Å². The molecule has 5 heteroatoms. The van der Waals surface area contributed by atoms with Crippen LogP contribution in [0.4, 0.5) is 0 Å². The van der Waals surface area contributed by atoms with E-state index in [0.29, 0.717) is 12.8 Å². The van der Waals surface area contributed by atoms with E-state index in [4.69, 9.17) is 9.47 Å². The number of ether oxygens (including phenoxy) is 2. The number of hydrogen-bond donors (Lipinski definition) is 1. The Morgan fingerprint density at radius 1 is 0.523 bits per heavy atom. The smallest absolute Gasteiger partial charge is 0.306 e. The average Bonchev–Trinajstić information content (AvgIpc) is 3.02. The van der Waals surface area contributed by atoms with Crippen LogP contribution in [0.5, 0.6) is 0 Å². The Labute approximate surface area is 273 Å². The highest BCUT2D eigenvalue weighted by Gasteiger charge is 2.16. The second kappa shape index (κ2) is 35.9. The summed E-state index contributed by atoms with van der Waals surface area (Å²) in [5, 5.41) is 9.53. The summed E-state index contributed by atoms with van der Waals surface area (Å²) in [7, 11) is 0. The third-order valence-corrected chi connectivity index (χ3v) is 8.25. The number of rotatable bonds is 34. The molecule has 0 saturated heterocycles. The molecule has 0 aromatic carbocycles. The Hall–Kier alpha value is -1.62. The van der Waals surface area contributed by atoms with Crippen molar-refractivity contribution in [3.05, 3.63) is 24.3 Å². The third-order valence-electron chi connectivity index (χ3n) is 8.25. The zero-order valence-electron chi connectivity index (χ0n) is 29.2. The molecule has 0 radical (unpaired) electrons. The lowest BCUT2D eigenvalue weighted by atomic mass is 10.0. The highest BCUT2D eigenvalue weighted by Crippen LogP contribution is 2.14. The number of aliphatic hydroxyl groups excluding tert-OH is 1.